The van der Waals surface area contributed by atoms with Gasteiger partial charge in [-0.2, -0.15) is 0 Å². The predicted octanol–water partition coefficient (Wildman–Crippen LogP) is 2.88. The molecule has 0 amide bonds. The highest BCUT2D eigenvalue weighted by Crippen LogP contribution is 2.11. The van der Waals surface area contributed by atoms with Crippen molar-refractivity contribution in [3.05, 3.63) is 41.0 Å². The zero-order chi connectivity index (χ0) is 11.3. The highest BCUT2D eigenvalue weighted by Gasteiger charge is 1.97. The van der Waals surface area contributed by atoms with Gasteiger partial charge in [-0.3, -0.25) is 0 Å². The van der Waals surface area contributed by atoms with Crippen molar-refractivity contribution in [1.82, 2.24) is 0 Å². The van der Waals surface area contributed by atoms with Crippen LogP contribution < -0.4 is 0 Å². The van der Waals surface area contributed by atoms with Gasteiger partial charge in [0.1, 0.15) is 0 Å². The van der Waals surface area contributed by atoms with E-state index in [4.69, 9.17) is 4.74 Å². The van der Waals surface area contributed by atoms with Crippen LogP contribution in [-0.2, 0) is 9.53 Å². The van der Waals surface area contributed by atoms with Crippen LogP contribution in [-0.4, -0.2) is 12.6 Å². The van der Waals surface area contributed by atoms with Gasteiger partial charge in [0.25, 0.3) is 0 Å². The Balaban J connectivity index is 2.76. The van der Waals surface area contributed by atoms with E-state index in [-0.39, 0.29) is 5.97 Å². The number of hydrogen-bond donors (Lipinski definition) is 0. The van der Waals surface area contributed by atoms with Crippen molar-refractivity contribution in [2.75, 3.05) is 6.61 Å². The zero-order valence-electron chi connectivity index (χ0n) is 9.41. The van der Waals surface area contributed by atoms with E-state index in [9.17, 15) is 4.79 Å². The van der Waals surface area contributed by atoms with Crippen molar-refractivity contribution in [2.24, 2.45) is 0 Å². The van der Waals surface area contributed by atoms with Crippen LogP contribution in [0.5, 0.6) is 0 Å². The summed E-state index contributed by atoms with van der Waals surface area (Å²) in [6.45, 7) is 6.28. The zero-order valence-corrected chi connectivity index (χ0v) is 9.41. The Labute approximate surface area is 90.6 Å². The molecule has 0 fully saturated rings. The molecule has 0 bridgehead atoms. The van der Waals surface area contributed by atoms with E-state index in [2.05, 4.69) is 6.07 Å². The van der Waals surface area contributed by atoms with E-state index < -0.39 is 0 Å². The lowest BCUT2D eigenvalue weighted by Crippen LogP contribution is -1.98. The molecular weight excluding hydrogens is 188 g/mol. The van der Waals surface area contributed by atoms with E-state index in [1.807, 2.05) is 26.0 Å². The SMILES string of the molecule is CCOC(=O)C=Cc1ccc(C)cc1C. The van der Waals surface area contributed by atoms with Crippen molar-refractivity contribution in [3.63, 3.8) is 0 Å². The maximum atomic E-state index is 11.1. The number of hydrogen-bond acceptors (Lipinski definition) is 2. The van der Waals surface area contributed by atoms with E-state index in [1.54, 1.807) is 13.0 Å². The van der Waals surface area contributed by atoms with E-state index in [0.717, 1.165) is 11.1 Å². The monoisotopic (exact) mass is 204 g/mol. The third-order valence-corrected chi connectivity index (χ3v) is 2.11. The Morgan fingerprint density at radius 2 is 2.13 bits per heavy atom. The molecule has 2 heteroatoms. The highest BCUT2D eigenvalue weighted by atomic mass is 16.5. The molecule has 0 aliphatic rings. The fraction of sp³-hybridized carbons (Fsp3) is 0.308. The van der Waals surface area contributed by atoms with Crippen molar-refractivity contribution < 1.29 is 9.53 Å². The normalized spacial score (nSPS) is 10.6. The van der Waals surface area contributed by atoms with E-state index in [0.29, 0.717) is 6.61 Å². The van der Waals surface area contributed by atoms with E-state index in [1.165, 1.54) is 11.6 Å². The Bertz CT molecular complexity index is 378. The number of ether oxygens (including phenoxy) is 1. The minimum absolute atomic E-state index is 0.294. The first kappa shape index (κ1) is 11.5. The fourth-order valence-electron chi connectivity index (χ4n) is 1.36. The van der Waals surface area contributed by atoms with Crippen molar-refractivity contribution >= 4 is 12.0 Å². The van der Waals surface area contributed by atoms with Gasteiger partial charge >= 0.3 is 5.97 Å². The number of aryl methyl sites for hydroxylation is 2. The third-order valence-electron chi connectivity index (χ3n) is 2.11. The number of rotatable bonds is 3. The summed E-state index contributed by atoms with van der Waals surface area (Å²) in [5.41, 5.74) is 3.44. The van der Waals surface area contributed by atoms with Crippen LogP contribution >= 0.6 is 0 Å². The summed E-state index contributed by atoms with van der Waals surface area (Å²) < 4.78 is 4.80. The molecule has 80 valence electrons. The molecule has 0 heterocycles. The lowest BCUT2D eigenvalue weighted by atomic mass is 10.1. The molecule has 0 saturated carbocycles. The summed E-state index contributed by atoms with van der Waals surface area (Å²) in [5.74, 6) is -0.294. The summed E-state index contributed by atoms with van der Waals surface area (Å²) in [7, 11) is 0. The topological polar surface area (TPSA) is 26.3 Å². The Morgan fingerprint density at radius 3 is 2.73 bits per heavy atom. The van der Waals surface area contributed by atoms with Gasteiger partial charge in [-0.15, -0.1) is 0 Å². The first-order valence-corrected chi connectivity index (χ1v) is 5.05. The lowest BCUT2D eigenvalue weighted by Gasteiger charge is -2.01. The second-order valence-electron chi connectivity index (χ2n) is 3.45. The first-order chi connectivity index (χ1) is 7.13. The third kappa shape index (κ3) is 3.58. The smallest absolute Gasteiger partial charge is 0.330 e. The van der Waals surface area contributed by atoms with Crippen LogP contribution in [0, 0.1) is 13.8 Å². The molecule has 2 nitrogen and oxygen atoms in total. The first-order valence-electron chi connectivity index (χ1n) is 5.05. The Kier molecular flexibility index (Phi) is 4.10. The molecule has 15 heavy (non-hydrogen) atoms. The molecule has 1 aromatic carbocycles. The van der Waals surface area contributed by atoms with Gasteiger partial charge in [-0.25, -0.2) is 4.79 Å². The van der Waals surface area contributed by atoms with Gasteiger partial charge in [0, 0.05) is 6.08 Å². The molecule has 0 unspecified atom stereocenters. The van der Waals surface area contributed by atoms with Crippen LogP contribution in [0.2, 0.25) is 0 Å². The summed E-state index contributed by atoms with van der Waals surface area (Å²) in [6, 6.07) is 6.11. The predicted molar refractivity (Wildman–Crippen MR) is 61.6 cm³/mol. The number of benzene rings is 1. The summed E-state index contributed by atoms with van der Waals surface area (Å²) in [5, 5.41) is 0. The minimum atomic E-state index is -0.294. The highest BCUT2D eigenvalue weighted by molar-refractivity contribution is 5.87. The number of carbonyl (C=O) groups excluding carboxylic acids is 1. The summed E-state index contributed by atoms with van der Waals surface area (Å²) in [4.78, 5) is 11.1. The maximum Gasteiger partial charge on any atom is 0.330 e. The lowest BCUT2D eigenvalue weighted by molar-refractivity contribution is -0.137. The molecule has 1 rings (SSSR count). The molecule has 0 aliphatic heterocycles. The van der Waals surface area contributed by atoms with Crippen LogP contribution in [0.15, 0.2) is 24.3 Å². The van der Waals surface area contributed by atoms with Crippen LogP contribution in [0.4, 0.5) is 0 Å². The van der Waals surface area contributed by atoms with Gasteiger partial charge in [-0.1, -0.05) is 23.8 Å². The van der Waals surface area contributed by atoms with Crippen molar-refractivity contribution in [3.8, 4) is 0 Å². The number of esters is 1. The summed E-state index contributed by atoms with van der Waals surface area (Å²) >= 11 is 0. The Hall–Kier alpha value is -1.57. The average Bonchev–Trinajstić information content (AvgIpc) is 2.17. The quantitative estimate of drug-likeness (QED) is 0.559. The largest absolute Gasteiger partial charge is 0.463 e. The van der Waals surface area contributed by atoms with E-state index >= 15 is 0 Å². The average molecular weight is 204 g/mol. The molecule has 0 aliphatic carbocycles. The molecular formula is C13H16O2. The maximum absolute atomic E-state index is 11.1. The van der Waals surface area contributed by atoms with Gasteiger partial charge in [-0.05, 0) is 38.0 Å². The van der Waals surface area contributed by atoms with Gasteiger partial charge in [0.05, 0.1) is 6.61 Å². The van der Waals surface area contributed by atoms with Crippen LogP contribution in [0.25, 0.3) is 6.08 Å². The molecule has 0 atom stereocenters. The molecule has 0 N–H and O–H groups in total. The molecule has 1 aromatic rings. The molecule has 0 aromatic heterocycles. The van der Waals surface area contributed by atoms with Crippen molar-refractivity contribution in [2.45, 2.75) is 20.8 Å². The number of carbonyl (C=O) groups is 1. The van der Waals surface area contributed by atoms with Gasteiger partial charge in [0.2, 0.25) is 0 Å². The minimum Gasteiger partial charge on any atom is -0.463 e. The molecule has 0 radical (unpaired) electrons. The molecule has 0 saturated heterocycles. The van der Waals surface area contributed by atoms with Crippen LogP contribution in [0.3, 0.4) is 0 Å². The van der Waals surface area contributed by atoms with Crippen LogP contribution in [0.1, 0.15) is 23.6 Å². The van der Waals surface area contributed by atoms with Crippen molar-refractivity contribution in [1.29, 1.82) is 0 Å². The molecule has 0 spiro atoms. The second-order valence-corrected chi connectivity index (χ2v) is 3.45. The van der Waals surface area contributed by atoms with Gasteiger partial charge < -0.3 is 4.74 Å². The standard InChI is InChI=1S/C13H16O2/c1-4-15-13(14)8-7-12-6-5-10(2)9-11(12)3/h5-9H,4H2,1-3H3. The van der Waals surface area contributed by atoms with Gasteiger partial charge in [0.15, 0.2) is 0 Å². The second kappa shape index (κ2) is 5.35. The summed E-state index contributed by atoms with van der Waals surface area (Å²) in [6.07, 6.45) is 3.24. The Morgan fingerprint density at radius 1 is 1.40 bits per heavy atom. The fourth-order valence-corrected chi connectivity index (χ4v) is 1.36.